The highest BCUT2D eigenvalue weighted by Crippen LogP contribution is 2.15. The number of aromatic nitrogens is 2. The number of allylic oxidation sites excluding steroid dienone is 1. The Morgan fingerprint density at radius 2 is 2.22 bits per heavy atom. The van der Waals surface area contributed by atoms with Gasteiger partial charge in [-0.3, -0.25) is 14.3 Å². The zero-order valence-electron chi connectivity index (χ0n) is 12.8. The van der Waals surface area contributed by atoms with Crippen LogP contribution in [0.2, 0.25) is 0 Å². The van der Waals surface area contributed by atoms with E-state index in [0.29, 0.717) is 17.9 Å². The molecule has 2 aromatic rings. The molecular weight excluding hydrogens is 296 g/mol. The van der Waals surface area contributed by atoms with Gasteiger partial charge in [-0.2, -0.15) is 5.10 Å². The summed E-state index contributed by atoms with van der Waals surface area (Å²) in [4.78, 5) is 22.5. The third-order valence-electron chi connectivity index (χ3n) is 3.11. The molecule has 0 bridgehead atoms. The van der Waals surface area contributed by atoms with Crippen LogP contribution in [0, 0.1) is 0 Å². The maximum Gasteiger partial charge on any atom is 0.306 e. The van der Waals surface area contributed by atoms with Gasteiger partial charge in [0, 0.05) is 12.7 Å². The zero-order chi connectivity index (χ0) is 16.7. The van der Waals surface area contributed by atoms with Gasteiger partial charge in [0.1, 0.15) is 5.75 Å². The monoisotopic (exact) mass is 314 g/mol. The second-order valence-corrected chi connectivity index (χ2v) is 4.85. The minimum Gasteiger partial charge on any atom is -0.493 e. The third-order valence-corrected chi connectivity index (χ3v) is 3.11. The van der Waals surface area contributed by atoms with Gasteiger partial charge in [-0.15, -0.1) is 0 Å². The molecule has 0 radical (unpaired) electrons. The summed E-state index contributed by atoms with van der Waals surface area (Å²) in [6, 6.07) is 7.12. The minimum atomic E-state index is -0.903. The number of aryl methyl sites for hydroxylation is 1. The summed E-state index contributed by atoms with van der Waals surface area (Å²) in [5, 5.41) is 12.7. The lowest BCUT2D eigenvalue weighted by Gasteiger charge is -2.04. The van der Waals surface area contributed by atoms with E-state index in [9.17, 15) is 9.59 Å². The number of ether oxygens (including phenoxy) is 1. The van der Waals surface area contributed by atoms with E-state index >= 15 is 0 Å². The number of ketones is 1. The summed E-state index contributed by atoms with van der Waals surface area (Å²) in [7, 11) is 0. The van der Waals surface area contributed by atoms with E-state index in [-0.39, 0.29) is 18.8 Å². The lowest BCUT2D eigenvalue weighted by atomic mass is 10.1. The molecular formula is C17H18N2O4. The predicted octanol–water partition coefficient (Wildman–Crippen LogP) is 2.65. The first-order chi connectivity index (χ1) is 11.1. The molecule has 1 heterocycles. The molecule has 0 amide bonds. The minimum absolute atomic E-state index is 0.0556. The lowest BCUT2D eigenvalue weighted by molar-refractivity contribution is -0.137. The highest BCUT2D eigenvalue weighted by atomic mass is 16.5. The molecule has 0 atom stereocenters. The van der Waals surface area contributed by atoms with Crippen LogP contribution in [0.3, 0.4) is 0 Å². The van der Waals surface area contributed by atoms with Crippen molar-refractivity contribution in [2.75, 3.05) is 6.61 Å². The number of nitrogens with zero attached hydrogens (tertiary/aromatic N) is 2. The molecule has 23 heavy (non-hydrogen) atoms. The van der Waals surface area contributed by atoms with Crippen molar-refractivity contribution in [2.45, 2.75) is 19.9 Å². The standard InChI is InChI=1S/C17H18N2O4/c1-2-19-12-14(11-18-19)16(20)7-6-13-4-3-5-15(10-13)23-9-8-17(21)22/h3-7,10-12H,2,8-9H2,1H3,(H,21,22). The summed E-state index contributed by atoms with van der Waals surface area (Å²) in [5.41, 5.74) is 1.34. The fourth-order valence-electron chi connectivity index (χ4n) is 1.90. The Morgan fingerprint density at radius 3 is 2.91 bits per heavy atom. The first-order valence-corrected chi connectivity index (χ1v) is 7.28. The molecule has 6 nitrogen and oxygen atoms in total. The Morgan fingerprint density at radius 1 is 1.39 bits per heavy atom. The number of hydrogen-bond acceptors (Lipinski definition) is 4. The average Bonchev–Trinajstić information content (AvgIpc) is 3.02. The molecule has 6 heteroatoms. The zero-order valence-corrected chi connectivity index (χ0v) is 12.8. The molecule has 0 saturated heterocycles. The molecule has 1 aromatic carbocycles. The van der Waals surface area contributed by atoms with Crippen molar-refractivity contribution in [3.8, 4) is 5.75 Å². The van der Waals surface area contributed by atoms with Crippen molar-refractivity contribution in [3.05, 3.63) is 53.9 Å². The lowest BCUT2D eigenvalue weighted by Crippen LogP contribution is -2.04. The van der Waals surface area contributed by atoms with Crippen LogP contribution in [0.15, 0.2) is 42.7 Å². The predicted molar refractivity (Wildman–Crippen MR) is 85.5 cm³/mol. The van der Waals surface area contributed by atoms with Crippen LogP contribution in [-0.4, -0.2) is 33.2 Å². The third kappa shape index (κ3) is 5.10. The summed E-state index contributed by atoms with van der Waals surface area (Å²) in [5.74, 6) is -0.458. The molecule has 1 N–H and O–H groups in total. The van der Waals surface area contributed by atoms with E-state index < -0.39 is 5.97 Å². The van der Waals surface area contributed by atoms with Gasteiger partial charge in [0.05, 0.1) is 24.8 Å². The number of carboxylic acids is 1. The van der Waals surface area contributed by atoms with E-state index in [2.05, 4.69) is 5.10 Å². The van der Waals surface area contributed by atoms with Crippen LogP contribution in [0.4, 0.5) is 0 Å². The molecule has 0 aliphatic rings. The number of benzene rings is 1. The smallest absolute Gasteiger partial charge is 0.306 e. The summed E-state index contributed by atoms with van der Waals surface area (Å²) >= 11 is 0. The van der Waals surface area contributed by atoms with Crippen molar-refractivity contribution < 1.29 is 19.4 Å². The second kappa shape index (κ2) is 7.93. The highest BCUT2D eigenvalue weighted by Gasteiger charge is 2.05. The average molecular weight is 314 g/mol. The molecule has 0 aliphatic heterocycles. The second-order valence-electron chi connectivity index (χ2n) is 4.85. The van der Waals surface area contributed by atoms with E-state index in [0.717, 1.165) is 5.56 Å². The Hall–Kier alpha value is -2.89. The molecule has 120 valence electrons. The molecule has 0 saturated carbocycles. The van der Waals surface area contributed by atoms with Crippen LogP contribution in [0.5, 0.6) is 5.75 Å². The van der Waals surface area contributed by atoms with Crippen LogP contribution in [0.25, 0.3) is 6.08 Å². The van der Waals surface area contributed by atoms with Gasteiger partial charge in [-0.25, -0.2) is 0 Å². The maximum atomic E-state index is 12.0. The van der Waals surface area contributed by atoms with E-state index in [1.807, 2.05) is 13.0 Å². The number of carbonyl (C=O) groups is 2. The van der Waals surface area contributed by atoms with Crippen molar-refractivity contribution in [2.24, 2.45) is 0 Å². The molecule has 0 spiro atoms. The fraction of sp³-hybridized carbons (Fsp3) is 0.235. The summed E-state index contributed by atoms with van der Waals surface area (Å²) in [6.45, 7) is 2.78. The van der Waals surface area contributed by atoms with E-state index in [4.69, 9.17) is 9.84 Å². The van der Waals surface area contributed by atoms with Crippen molar-refractivity contribution in [1.82, 2.24) is 9.78 Å². The van der Waals surface area contributed by atoms with Crippen molar-refractivity contribution in [3.63, 3.8) is 0 Å². The molecule has 1 aromatic heterocycles. The van der Waals surface area contributed by atoms with Gasteiger partial charge in [0.2, 0.25) is 0 Å². The van der Waals surface area contributed by atoms with Crippen LogP contribution in [0.1, 0.15) is 29.3 Å². The van der Waals surface area contributed by atoms with Gasteiger partial charge < -0.3 is 9.84 Å². The Bertz CT molecular complexity index is 719. The topological polar surface area (TPSA) is 81.4 Å². The van der Waals surface area contributed by atoms with Gasteiger partial charge in [-0.1, -0.05) is 18.2 Å². The van der Waals surface area contributed by atoms with E-state index in [1.54, 1.807) is 41.4 Å². The number of carbonyl (C=O) groups excluding carboxylic acids is 1. The number of rotatable bonds is 8. The van der Waals surface area contributed by atoms with Crippen LogP contribution in [-0.2, 0) is 11.3 Å². The van der Waals surface area contributed by atoms with Crippen molar-refractivity contribution >= 4 is 17.8 Å². The van der Waals surface area contributed by atoms with Crippen LogP contribution < -0.4 is 4.74 Å². The number of hydrogen-bond donors (Lipinski definition) is 1. The van der Waals surface area contributed by atoms with Gasteiger partial charge in [-0.05, 0) is 30.7 Å². The highest BCUT2D eigenvalue weighted by molar-refractivity contribution is 6.06. The Kier molecular flexibility index (Phi) is 5.68. The Balaban J connectivity index is 1.98. The number of aliphatic carboxylic acids is 1. The fourth-order valence-corrected chi connectivity index (χ4v) is 1.90. The first-order valence-electron chi connectivity index (χ1n) is 7.28. The van der Waals surface area contributed by atoms with Crippen molar-refractivity contribution in [1.29, 1.82) is 0 Å². The molecule has 0 fully saturated rings. The van der Waals surface area contributed by atoms with Gasteiger partial charge in [0.15, 0.2) is 5.78 Å². The normalized spacial score (nSPS) is 10.8. The molecule has 0 unspecified atom stereocenters. The quantitative estimate of drug-likeness (QED) is 0.598. The van der Waals surface area contributed by atoms with Crippen LogP contribution >= 0.6 is 0 Å². The molecule has 0 aliphatic carbocycles. The number of carboxylic acid groups (broad SMARTS) is 1. The maximum absolute atomic E-state index is 12.0. The van der Waals surface area contributed by atoms with Gasteiger partial charge in [0.25, 0.3) is 0 Å². The Labute approximate surface area is 134 Å². The van der Waals surface area contributed by atoms with E-state index in [1.165, 1.54) is 6.08 Å². The summed E-state index contributed by atoms with van der Waals surface area (Å²) in [6.07, 6.45) is 6.36. The largest absolute Gasteiger partial charge is 0.493 e. The van der Waals surface area contributed by atoms with Gasteiger partial charge >= 0.3 is 5.97 Å². The summed E-state index contributed by atoms with van der Waals surface area (Å²) < 4.78 is 7.05. The first kappa shape index (κ1) is 16.5. The molecule has 2 rings (SSSR count). The SMILES string of the molecule is CCn1cc(C(=O)C=Cc2cccc(OCCC(=O)O)c2)cn1.